The van der Waals surface area contributed by atoms with Crippen LogP contribution >= 0.6 is 11.3 Å². The van der Waals surface area contributed by atoms with E-state index in [2.05, 4.69) is 5.32 Å². The van der Waals surface area contributed by atoms with Gasteiger partial charge in [-0.05, 0) is 40.8 Å². The predicted octanol–water partition coefficient (Wildman–Crippen LogP) is 4.16. The highest BCUT2D eigenvalue weighted by atomic mass is 32.1. The SMILES string of the molecule is COc1ccc(CNC(=O)C[C@@H](c2cccs2)N2Cc3ccccc3C2=O)cc1. The number of ether oxygens (including phenoxy) is 1. The van der Waals surface area contributed by atoms with Gasteiger partial charge in [-0.3, -0.25) is 9.59 Å². The van der Waals surface area contributed by atoms with Crippen molar-refractivity contribution in [1.29, 1.82) is 0 Å². The average Bonchev–Trinajstić information content (AvgIpc) is 3.40. The second-order valence-electron chi connectivity index (χ2n) is 6.95. The van der Waals surface area contributed by atoms with Crippen LogP contribution in [-0.2, 0) is 17.9 Å². The molecule has 0 aliphatic carbocycles. The van der Waals surface area contributed by atoms with Crippen molar-refractivity contribution in [2.24, 2.45) is 0 Å². The number of thiophene rings is 1. The molecule has 0 spiro atoms. The first-order valence-electron chi connectivity index (χ1n) is 9.47. The number of hydrogen-bond acceptors (Lipinski definition) is 4. The van der Waals surface area contributed by atoms with Crippen molar-refractivity contribution in [3.05, 3.63) is 87.6 Å². The van der Waals surface area contributed by atoms with Crippen LogP contribution in [-0.4, -0.2) is 23.8 Å². The maximum Gasteiger partial charge on any atom is 0.255 e. The summed E-state index contributed by atoms with van der Waals surface area (Å²) in [5.74, 6) is 0.690. The van der Waals surface area contributed by atoms with Crippen molar-refractivity contribution < 1.29 is 14.3 Å². The summed E-state index contributed by atoms with van der Waals surface area (Å²) in [6.07, 6.45) is 0.233. The monoisotopic (exact) mass is 406 g/mol. The molecule has 0 saturated carbocycles. The molecular formula is C23H22N2O3S. The van der Waals surface area contributed by atoms with Crippen molar-refractivity contribution in [3.8, 4) is 5.75 Å². The Morgan fingerprint density at radius 2 is 1.93 bits per heavy atom. The fourth-order valence-corrected chi connectivity index (χ4v) is 4.40. The van der Waals surface area contributed by atoms with Crippen LogP contribution in [0.15, 0.2) is 66.0 Å². The lowest BCUT2D eigenvalue weighted by Crippen LogP contribution is -2.33. The Kier molecular flexibility index (Phi) is 5.62. The van der Waals surface area contributed by atoms with Gasteiger partial charge in [-0.2, -0.15) is 0 Å². The van der Waals surface area contributed by atoms with E-state index in [0.29, 0.717) is 13.1 Å². The fourth-order valence-electron chi connectivity index (χ4n) is 3.57. The largest absolute Gasteiger partial charge is 0.497 e. The van der Waals surface area contributed by atoms with Gasteiger partial charge < -0.3 is 15.0 Å². The second-order valence-corrected chi connectivity index (χ2v) is 7.93. The minimum atomic E-state index is -0.272. The summed E-state index contributed by atoms with van der Waals surface area (Å²) in [7, 11) is 1.62. The highest BCUT2D eigenvalue weighted by molar-refractivity contribution is 7.10. The zero-order valence-electron chi connectivity index (χ0n) is 16.1. The molecule has 0 bridgehead atoms. The molecule has 4 rings (SSSR count). The summed E-state index contributed by atoms with van der Waals surface area (Å²) in [6, 6.07) is 18.9. The van der Waals surface area contributed by atoms with E-state index in [9.17, 15) is 9.59 Å². The number of methoxy groups -OCH3 is 1. The first kappa shape index (κ1) is 19.2. The quantitative estimate of drug-likeness (QED) is 0.641. The Labute approximate surface area is 173 Å². The summed E-state index contributed by atoms with van der Waals surface area (Å²) in [6.45, 7) is 0.970. The Morgan fingerprint density at radius 1 is 1.14 bits per heavy atom. The average molecular weight is 407 g/mol. The molecule has 1 aromatic heterocycles. The van der Waals surface area contributed by atoms with E-state index in [4.69, 9.17) is 4.74 Å². The molecule has 1 N–H and O–H groups in total. The van der Waals surface area contributed by atoms with Crippen LogP contribution in [0.1, 0.15) is 38.8 Å². The van der Waals surface area contributed by atoms with E-state index >= 15 is 0 Å². The number of fused-ring (bicyclic) bond motifs is 1. The Bertz CT molecular complexity index is 999. The van der Waals surface area contributed by atoms with Crippen LogP contribution in [0, 0.1) is 0 Å². The van der Waals surface area contributed by atoms with Crippen molar-refractivity contribution in [2.75, 3.05) is 7.11 Å². The molecule has 0 unspecified atom stereocenters. The molecule has 29 heavy (non-hydrogen) atoms. The molecular weight excluding hydrogens is 384 g/mol. The second kappa shape index (κ2) is 8.49. The van der Waals surface area contributed by atoms with Crippen molar-refractivity contribution in [3.63, 3.8) is 0 Å². The summed E-state index contributed by atoms with van der Waals surface area (Å²) in [5.41, 5.74) is 2.74. The van der Waals surface area contributed by atoms with Crippen molar-refractivity contribution in [2.45, 2.75) is 25.6 Å². The number of benzene rings is 2. The van der Waals surface area contributed by atoms with Crippen LogP contribution in [0.25, 0.3) is 0 Å². The predicted molar refractivity (Wildman–Crippen MR) is 113 cm³/mol. The highest BCUT2D eigenvalue weighted by Crippen LogP contribution is 2.35. The molecule has 6 heteroatoms. The van der Waals surface area contributed by atoms with Crippen LogP contribution in [0.2, 0.25) is 0 Å². The van der Waals surface area contributed by atoms with Gasteiger partial charge >= 0.3 is 0 Å². The Morgan fingerprint density at radius 3 is 2.62 bits per heavy atom. The maximum atomic E-state index is 12.9. The van der Waals surface area contributed by atoms with E-state index in [-0.39, 0.29) is 24.3 Å². The van der Waals surface area contributed by atoms with E-state index < -0.39 is 0 Å². The zero-order valence-corrected chi connectivity index (χ0v) is 16.9. The van der Waals surface area contributed by atoms with Crippen molar-refractivity contribution in [1.82, 2.24) is 10.2 Å². The van der Waals surface area contributed by atoms with Gasteiger partial charge in [-0.1, -0.05) is 36.4 Å². The Balaban J connectivity index is 1.45. The van der Waals surface area contributed by atoms with Gasteiger partial charge in [0.05, 0.1) is 19.6 Å². The topological polar surface area (TPSA) is 58.6 Å². The van der Waals surface area contributed by atoms with Crippen molar-refractivity contribution >= 4 is 23.2 Å². The third-order valence-corrected chi connectivity index (χ3v) is 6.10. The number of nitrogens with one attached hydrogen (secondary N) is 1. The molecule has 2 amide bonds. The Hall–Kier alpha value is -3.12. The van der Waals surface area contributed by atoms with Gasteiger partial charge in [0, 0.05) is 23.5 Å². The van der Waals surface area contributed by atoms with Gasteiger partial charge in [-0.15, -0.1) is 11.3 Å². The fraction of sp³-hybridized carbons (Fsp3) is 0.217. The molecule has 3 aromatic rings. The molecule has 148 valence electrons. The molecule has 5 nitrogen and oxygen atoms in total. The third kappa shape index (κ3) is 4.17. The van der Waals surface area contributed by atoms with Crippen LogP contribution in [0.5, 0.6) is 5.75 Å². The highest BCUT2D eigenvalue weighted by Gasteiger charge is 2.34. The minimum Gasteiger partial charge on any atom is -0.497 e. The standard InChI is InChI=1S/C23H22N2O3S/c1-28-18-10-8-16(9-11-18)14-24-22(26)13-20(21-7-4-12-29-21)25-15-17-5-2-3-6-19(17)23(25)27/h2-12,20H,13-15H2,1H3,(H,24,26)/t20-/m0/s1. The maximum absolute atomic E-state index is 12.9. The van der Waals surface area contributed by atoms with Gasteiger partial charge in [-0.25, -0.2) is 0 Å². The van der Waals surface area contributed by atoms with E-state index in [1.807, 2.05) is 70.9 Å². The lowest BCUT2D eigenvalue weighted by Gasteiger charge is -2.26. The number of carbonyl (C=O) groups is 2. The van der Waals surface area contributed by atoms with Gasteiger partial charge in [0.25, 0.3) is 5.91 Å². The van der Waals surface area contributed by atoms with Crippen LogP contribution in [0.4, 0.5) is 0 Å². The van der Waals surface area contributed by atoms with E-state index in [1.54, 1.807) is 18.4 Å². The normalized spacial score (nSPS) is 13.8. The molecule has 0 radical (unpaired) electrons. The number of hydrogen-bond donors (Lipinski definition) is 1. The molecule has 2 heterocycles. The van der Waals surface area contributed by atoms with Gasteiger partial charge in [0.2, 0.25) is 5.91 Å². The first-order chi connectivity index (χ1) is 14.2. The zero-order chi connectivity index (χ0) is 20.2. The summed E-state index contributed by atoms with van der Waals surface area (Å²) < 4.78 is 5.16. The van der Waals surface area contributed by atoms with Gasteiger partial charge in [0.1, 0.15) is 5.75 Å². The molecule has 0 saturated heterocycles. The van der Waals surface area contributed by atoms with E-state index in [0.717, 1.165) is 27.3 Å². The molecule has 1 aliphatic heterocycles. The summed E-state index contributed by atoms with van der Waals surface area (Å²) >= 11 is 1.57. The van der Waals surface area contributed by atoms with E-state index in [1.165, 1.54) is 0 Å². The number of amides is 2. The minimum absolute atomic E-state index is 0.0121. The van der Waals surface area contributed by atoms with Crippen LogP contribution in [0.3, 0.4) is 0 Å². The summed E-state index contributed by atoms with van der Waals surface area (Å²) in [5, 5.41) is 4.95. The van der Waals surface area contributed by atoms with Gasteiger partial charge in [0.15, 0.2) is 0 Å². The number of rotatable bonds is 7. The summed E-state index contributed by atoms with van der Waals surface area (Å²) in [4.78, 5) is 28.5. The lowest BCUT2D eigenvalue weighted by molar-refractivity contribution is -0.122. The molecule has 1 aliphatic rings. The molecule has 1 atom stereocenters. The number of carbonyl (C=O) groups excluding carboxylic acids is 2. The smallest absolute Gasteiger partial charge is 0.255 e. The third-order valence-electron chi connectivity index (χ3n) is 5.12. The molecule has 2 aromatic carbocycles. The molecule has 0 fully saturated rings. The lowest BCUT2D eigenvalue weighted by atomic mass is 10.1. The first-order valence-corrected chi connectivity index (χ1v) is 10.4. The number of nitrogens with zero attached hydrogens (tertiary/aromatic N) is 1. The van der Waals surface area contributed by atoms with Crippen LogP contribution < -0.4 is 10.1 Å².